The Morgan fingerprint density at radius 2 is 2.11 bits per heavy atom. The van der Waals surface area contributed by atoms with Crippen LogP contribution in [0.15, 0.2) is 27.7 Å². The Hall–Kier alpha value is -0.910. The van der Waals surface area contributed by atoms with E-state index in [1.54, 1.807) is 18.2 Å². The Labute approximate surface area is 115 Å². The third-order valence-electron chi connectivity index (χ3n) is 3.39. The van der Waals surface area contributed by atoms with Gasteiger partial charge in [0.2, 0.25) is 0 Å². The Bertz CT molecular complexity index is 500. The second kappa shape index (κ2) is 4.64. The van der Waals surface area contributed by atoms with Crippen LogP contribution in [-0.4, -0.2) is 26.6 Å². The van der Waals surface area contributed by atoms with E-state index in [0.29, 0.717) is 5.56 Å². The zero-order chi connectivity index (χ0) is 13.5. The van der Waals surface area contributed by atoms with E-state index >= 15 is 0 Å². The Morgan fingerprint density at radius 3 is 2.67 bits per heavy atom. The number of aliphatic imine (C=N–C) groups is 1. The summed E-state index contributed by atoms with van der Waals surface area (Å²) in [6.45, 7) is 5.85. The van der Waals surface area contributed by atoms with Gasteiger partial charge in [-0.1, -0.05) is 22.9 Å². The van der Waals surface area contributed by atoms with E-state index in [1.807, 2.05) is 20.8 Å². The first-order valence-corrected chi connectivity index (χ1v) is 6.71. The molecule has 1 heterocycles. The number of phenolic OH excluding ortho intramolecular Hbond substituents is 1. The Kier molecular flexibility index (Phi) is 3.49. The third-order valence-corrected chi connectivity index (χ3v) is 3.88. The van der Waals surface area contributed by atoms with E-state index in [2.05, 4.69) is 20.9 Å². The first-order valence-electron chi connectivity index (χ1n) is 5.91. The van der Waals surface area contributed by atoms with Crippen LogP contribution in [-0.2, 0) is 0 Å². The lowest BCUT2D eigenvalue weighted by atomic mass is 9.97. The molecule has 2 N–H and O–H groups in total. The molecular formula is C13H17BrN2O2. The highest BCUT2D eigenvalue weighted by molar-refractivity contribution is 9.10. The van der Waals surface area contributed by atoms with Crippen LogP contribution in [0.1, 0.15) is 38.9 Å². The molecule has 18 heavy (non-hydrogen) atoms. The van der Waals surface area contributed by atoms with E-state index in [0.717, 1.165) is 16.6 Å². The molecule has 0 aliphatic carbocycles. The van der Waals surface area contributed by atoms with Crippen LogP contribution >= 0.6 is 15.9 Å². The lowest BCUT2D eigenvalue weighted by Gasteiger charge is -2.30. The van der Waals surface area contributed by atoms with Gasteiger partial charge in [-0.3, -0.25) is 4.99 Å². The fourth-order valence-electron chi connectivity index (χ4n) is 2.26. The molecule has 0 radical (unpaired) electrons. The zero-order valence-corrected chi connectivity index (χ0v) is 12.3. The second-order valence-corrected chi connectivity index (χ2v) is 5.83. The summed E-state index contributed by atoms with van der Waals surface area (Å²) < 4.78 is 0.849. The zero-order valence-electron chi connectivity index (χ0n) is 10.7. The van der Waals surface area contributed by atoms with Gasteiger partial charge in [0.05, 0.1) is 5.54 Å². The van der Waals surface area contributed by atoms with E-state index in [9.17, 15) is 10.3 Å². The second-order valence-electron chi connectivity index (χ2n) is 4.91. The van der Waals surface area contributed by atoms with Crippen molar-refractivity contribution in [2.75, 3.05) is 0 Å². The number of phenols is 1. The van der Waals surface area contributed by atoms with E-state index in [-0.39, 0.29) is 5.75 Å². The summed E-state index contributed by atoms with van der Waals surface area (Å²) in [4.78, 5) is 4.52. The molecule has 5 heteroatoms. The maximum Gasteiger partial charge on any atom is 0.154 e. The van der Waals surface area contributed by atoms with Gasteiger partial charge < -0.3 is 10.3 Å². The van der Waals surface area contributed by atoms with Crippen molar-refractivity contribution in [1.29, 1.82) is 0 Å². The summed E-state index contributed by atoms with van der Waals surface area (Å²) in [6, 6.07) is 5.13. The van der Waals surface area contributed by atoms with Gasteiger partial charge in [-0.2, -0.15) is 5.06 Å². The quantitative estimate of drug-likeness (QED) is 0.879. The summed E-state index contributed by atoms with van der Waals surface area (Å²) in [5, 5.41) is 21.4. The van der Waals surface area contributed by atoms with Crippen LogP contribution in [0.3, 0.4) is 0 Å². The van der Waals surface area contributed by atoms with Crippen molar-refractivity contribution in [3.63, 3.8) is 0 Å². The molecule has 1 atom stereocenters. The van der Waals surface area contributed by atoms with Crippen molar-refractivity contribution in [3.05, 3.63) is 28.2 Å². The third kappa shape index (κ3) is 2.06. The number of hydrogen-bond donors (Lipinski definition) is 2. The van der Waals surface area contributed by atoms with Crippen molar-refractivity contribution in [2.45, 2.75) is 38.9 Å². The molecule has 0 bridgehead atoms. The summed E-state index contributed by atoms with van der Waals surface area (Å²) in [6.07, 6.45) is 0.224. The molecular weight excluding hydrogens is 296 g/mol. The maximum atomic E-state index is 10.3. The normalized spacial score (nSPS) is 23.2. The molecule has 1 unspecified atom stereocenters. The number of benzene rings is 1. The number of halogens is 1. The maximum absolute atomic E-state index is 10.3. The standard InChI is InChI=1S/C13H17BrN2O2/c1-4-11-13(2,3)16(18)12(15-11)9-7-8(14)5-6-10(9)17/h5-7,12,17-18H,4H2,1-3H3. The average molecular weight is 313 g/mol. The van der Waals surface area contributed by atoms with Gasteiger partial charge >= 0.3 is 0 Å². The lowest BCUT2D eigenvalue weighted by molar-refractivity contribution is -0.160. The van der Waals surface area contributed by atoms with Gasteiger partial charge in [0.25, 0.3) is 0 Å². The van der Waals surface area contributed by atoms with Crippen LogP contribution in [0.4, 0.5) is 0 Å². The van der Waals surface area contributed by atoms with Crippen molar-refractivity contribution in [3.8, 4) is 5.75 Å². The highest BCUT2D eigenvalue weighted by Crippen LogP contribution is 2.40. The molecule has 98 valence electrons. The summed E-state index contributed by atoms with van der Waals surface area (Å²) in [5.41, 5.74) is 1.02. The van der Waals surface area contributed by atoms with Crippen LogP contribution in [0.5, 0.6) is 5.75 Å². The van der Waals surface area contributed by atoms with Gasteiger partial charge in [0.15, 0.2) is 6.17 Å². The highest BCUT2D eigenvalue weighted by atomic mass is 79.9. The molecule has 0 fully saturated rings. The van der Waals surface area contributed by atoms with Gasteiger partial charge in [0, 0.05) is 15.7 Å². The molecule has 1 aliphatic heterocycles. The molecule has 0 saturated carbocycles. The molecule has 1 aliphatic rings. The SMILES string of the molecule is CCC1=NC(c2cc(Br)ccc2O)N(O)C1(C)C. The minimum absolute atomic E-state index is 0.138. The van der Waals surface area contributed by atoms with Gasteiger partial charge in [-0.05, 0) is 38.5 Å². The fraction of sp³-hybridized carbons (Fsp3) is 0.462. The molecule has 2 rings (SSSR count). The van der Waals surface area contributed by atoms with Crippen LogP contribution in [0.25, 0.3) is 0 Å². The minimum Gasteiger partial charge on any atom is -0.508 e. The van der Waals surface area contributed by atoms with Gasteiger partial charge in [-0.25, -0.2) is 0 Å². The smallest absolute Gasteiger partial charge is 0.154 e. The number of hydroxylamine groups is 2. The molecule has 0 spiro atoms. The van der Waals surface area contributed by atoms with Gasteiger partial charge in [-0.15, -0.1) is 0 Å². The molecule has 0 amide bonds. The van der Waals surface area contributed by atoms with Crippen molar-refractivity contribution in [2.24, 2.45) is 4.99 Å². The van der Waals surface area contributed by atoms with Crippen LogP contribution < -0.4 is 0 Å². The Balaban J connectivity index is 2.46. The first kappa shape index (κ1) is 13.5. The number of aromatic hydroxyl groups is 1. The monoisotopic (exact) mass is 312 g/mol. The number of hydrogen-bond acceptors (Lipinski definition) is 4. The molecule has 0 saturated heterocycles. The van der Waals surface area contributed by atoms with E-state index in [4.69, 9.17) is 0 Å². The van der Waals surface area contributed by atoms with Crippen molar-refractivity contribution >= 4 is 21.6 Å². The van der Waals surface area contributed by atoms with Crippen molar-refractivity contribution < 1.29 is 10.3 Å². The van der Waals surface area contributed by atoms with E-state index < -0.39 is 11.7 Å². The fourth-order valence-corrected chi connectivity index (χ4v) is 2.63. The Morgan fingerprint density at radius 1 is 1.44 bits per heavy atom. The number of nitrogens with zero attached hydrogens (tertiary/aromatic N) is 2. The highest BCUT2D eigenvalue weighted by Gasteiger charge is 2.42. The molecule has 1 aromatic carbocycles. The topological polar surface area (TPSA) is 56.1 Å². The summed E-state index contributed by atoms with van der Waals surface area (Å²) >= 11 is 3.36. The summed E-state index contributed by atoms with van der Waals surface area (Å²) in [5.74, 6) is 0.138. The molecule has 1 aromatic rings. The summed E-state index contributed by atoms with van der Waals surface area (Å²) in [7, 11) is 0. The number of rotatable bonds is 2. The van der Waals surface area contributed by atoms with Crippen LogP contribution in [0.2, 0.25) is 0 Å². The molecule has 4 nitrogen and oxygen atoms in total. The minimum atomic E-state index is -0.549. The predicted octanol–water partition coefficient (Wildman–Crippen LogP) is 3.49. The predicted molar refractivity (Wildman–Crippen MR) is 74.0 cm³/mol. The lowest BCUT2D eigenvalue weighted by Crippen LogP contribution is -2.43. The van der Waals surface area contributed by atoms with Crippen LogP contribution in [0, 0.1) is 0 Å². The van der Waals surface area contributed by atoms with E-state index in [1.165, 1.54) is 5.06 Å². The largest absolute Gasteiger partial charge is 0.508 e. The van der Waals surface area contributed by atoms with Crippen molar-refractivity contribution in [1.82, 2.24) is 5.06 Å². The first-order chi connectivity index (χ1) is 8.37. The average Bonchev–Trinajstić information content (AvgIpc) is 2.54. The van der Waals surface area contributed by atoms with Gasteiger partial charge in [0.1, 0.15) is 5.75 Å². The molecule has 0 aromatic heterocycles.